The van der Waals surface area contributed by atoms with E-state index in [1.165, 1.54) is 11.3 Å². The van der Waals surface area contributed by atoms with Gasteiger partial charge in [0.15, 0.2) is 0 Å². The van der Waals surface area contributed by atoms with E-state index < -0.39 is 0 Å². The third-order valence-electron chi connectivity index (χ3n) is 1.40. The second-order valence-corrected chi connectivity index (χ2v) is 3.23. The Morgan fingerprint density at radius 1 is 1.70 bits per heavy atom. The van der Waals surface area contributed by atoms with Gasteiger partial charge in [0, 0.05) is 19.0 Å². The van der Waals surface area contributed by atoms with Crippen LogP contribution in [0, 0.1) is 6.92 Å². The lowest BCUT2D eigenvalue weighted by molar-refractivity contribution is 0.755. The Bertz CT molecular complexity index is 217. The molecule has 0 N–H and O–H groups in total. The summed E-state index contributed by atoms with van der Waals surface area (Å²) in [4.78, 5) is 0. The standard InChI is InChI=1S/C7H12N2S/c1-6-4-9(2)8-7(6)5-10-3/h4H,5H2,1-3H3. The molecule has 0 fully saturated rings. The number of aryl methyl sites for hydroxylation is 2. The van der Waals surface area contributed by atoms with Crippen molar-refractivity contribution in [2.24, 2.45) is 7.05 Å². The number of hydrogen-bond acceptors (Lipinski definition) is 2. The molecule has 0 atom stereocenters. The summed E-state index contributed by atoms with van der Waals surface area (Å²) in [5.41, 5.74) is 2.49. The summed E-state index contributed by atoms with van der Waals surface area (Å²) in [7, 11) is 1.96. The molecule has 0 unspecified atom stereocenters. The predicted octanol–water partition coefficient (Wildman–Crippen LogP) is 1.59. The van der Waals surface area contributed by atoms with Gasteiger partial charge in [-0.1, -0.05) is 0 Å². The van der Waals surface area contributed by atoms with E-state index in [4.69, 9.17) is 0 Å². The number of nitrogens with zero attached hydrogens (tertiary/aromatic N) is 2. The molecule has 0 aliphatic heterocycles. The Balaban J connectivity index is 2.81. The highest BCUT2D eigenvalue weighted by Gasteiger charge is 2.00. The van der Waals surface area contributed by atoms with Crippen molar-refractivity contribution >= 4 is 11.8 Å². The summed E-state index contributed by atoms with van der Waals surface area (Å²) in [6.07, 6.45) is 4.14. The first-order valence-corrected chi connectivity index (χ1v) is 4.61. The maximum absolute atomic E-state index is 4.30. The van der Waals surface area contributed by atoms with Gasteiger partial charge < -0.3 is 0 Å². The molecule has 1 heterocycles. The number of thioether (sulfide) groups is 1. The normalized spacial score (nSPS) is 10.3. The number of rotatable bonds is 2. The van der Waals surface area contributed by atoms with Crippen LogP contribution in [0.3, 0.4) is 0 Å². The first-order valence-electron chi connectivity index (χ1n) is 3.22. The minimum atomic E-state index is 1.02. The molecule has 0 radical (unpaired) electrons. The fraction of sp³-hybridized carbons (Fsp3) is 0.571. The highest BCUT2D eigenvalue weighted by Crippen LogP contribution is 2.10. The van der Waals surface area contributed by atoms with Crippen molar-refractivity contribution in [3.05, 3.63) is 17.5 Å². The second kappa shape index (κ2) is 3.10. The van der Waals surface area contributed by atoms with Crippen LogP contribution in [0.2, 0.25) is 0 Å². The number of hydrogen-bond donors (Lipinski definition) is 0. The summed E-state index contributed by atoms with van der Waals surface area (Å²) in [5, 5.41) is 4.30. The Labute approximate surface area is 65.6 Å². The minimum Gasteiger partial charge on any atom is -0.275 e. The molecule has 0 saturated carbocycles. The van der Waals surface area contributed by atoms with Crippen molar-refractivity contribution < 1.29 is 0 Å². The second-order valence-electron chi connectivity index (χ2n) is 2.37. The van der Waals surface area contributed by atoms with Gasteiger partial charge >= 0.3 is 0 Å². The van der Waals surface area contributed by atoms with Crippen LogP contribution in [0.4, 0.5) is 0 Å². The molecule has 0 bridgehead atoms. The van der Waals surface area contributed by atoms with Gasteiger partial charge in [0.2, 0.25) is 0 Å². The van der Waals surface area contributed by atoms with Crippen LogP contribution in [0.1, 0.15) is 11.3 Å². The maximum atomic E-state index is 4.30. The van der Waals surface area contributed by atoms with Gasteiger partial charge in [-0.15, -0.1) is 0 Å². The lowest BCUT2D eigenvalue weighted by Gasteiger charge is -1.90. The van der Waals surface area contributed by atoms with Crippen LogP contribution in [0.25, 0.3) is 0 Å². The molecule has 3 heteroatoms. The lowest BCUT2D eigenvalue weighted by atomic mass is 10.3. The van der Waals surface area contributed by atoms with Crippen LogP contribution in [0.15, 0.2) is 6.20 Å². The zero-order valence-corrected chi connectivity index (χ0v) is 7.40. The number of aromatic nitrogens is 2. The van der Waals surface area contributed by atoms with E-state index in [0.717, 1.165) is 5.75 Å². The van der Waals surface area contributed by atoms with Crippen LogP contribution in [-0.2, 0) is 12.8 Å². The molecule has 0 spiro atoms. The maximum Gasteiger partial charge on any atom is 0.0752 e. The van der Waals surface area contributed by atoms with E-state index in [9.17, 15) is 0 Å². The molecule has 56 valence electrons. The Hall–Kier alpha value is -0.440. The first-order chi connectivity index (χ1) is 4.74. The van der Waals surface area contributed by atoms with Crippen LogP contribution in [-0.4, -0.2) is 16.0 Å². The van der Waals surface area contributed by atoms with E-state index in [1.807, 2.05) is 17.9 Å². The minimum absolute atomic E-state index is 1.02. The van der Waals surface area contributed by atoms with E-state index in [-0.39, 0.29) is 0 Å². The van der Waals surface area contributed by atoms with Gasteiger partial charge in [0.05, 0.1) is 5.69 Å². The summed E-state index contributed by atoms with van der Waals surface area (Å²) in [6.45, 7) is 2.10. The van der Waals surface area contributed by atoms with Crippen LogP contribution < -0.4 is 0 Å². The molecule has 1 rings (SSSR count). The summed E-state index contributed by atoms with van der Waals surface area (Å²) in [6, 6.07) is 0. The van der Waals surface area contributed by atoms with Crippen molar-refractivity contribution in [1.29, 1.82) is 0 Å². The van der Waals surface area contributed by atoms with E-state index in [1.54, 1.807) is 11.8 Å². The fourth-order valence-electron chi connectivity index (χ4n) is 0.932. The average molecular weight is 156 g/mol. The Morgan fingerprint density at radius 3 is 2.80 bits per heavy atom. The summed E-state index contributed by atoms with van der Waals surface area (Å²) >= 11 is 1.81. The van der Waals surface area contributed by atoms with E-state index in [0.29, 0.717) is 0 Å². The van der Waals surface area contributed by atoms with Crippen molar-refractivity contribution in [3.8, 4) is 0 Å². The first kappa shape index (κ1) is 7.66. The van der Waals surface area contributed by atoms with Gasteiger partial charge in [-0.25, -0.2) is 0 Å². The molecule has 10 heavy (non-hydrogen) atoms. The van der Waals surface area contributed by atoms with Gasteiger partial charge in [-0.05, 0) is 18.7 Å². The molecule has 1 aromatic rings. The molecule has 2 nitrogen and oxygen atoms in total. The summed E-state index contributed by atoms with van der Waals surface area (Å²) in [5.74, 6) is 1.02. The monoisotopic (exact) mass is 156 g/mol. The smallest absolute Gasteiger partial charge is 0.0752 e. The van der Waals surface area contributed by atoms with Crippen molar-refractivity contribution in [2.75, 3.05) is 6.26 Å². The molecular weight excluding hydrogens is 144 g/mol. The van der Waals surface area contributed by atoms with E-state index >= 15 is 0 Å². The fourth-order valence-corrected chi connectivity index (χ4v) is 1.49. The lowest BCUT2D eigenvalue weighted by Crippen LogP contribution is -1.89. The zero-order chi connectivity index (χ0) is 7.56. The van der Waals surface area contributed by atoms with E-state index in [2.05, 4.69) is 18.3 Å². The average Bonchev–Trinajstić information content (AvgIpc) is 2.13. The van der Waals surface area contributed by atoms with Crippen molar-refractivity contribution in [2.45, 2.75) is 12.7 Å². The molecule has 0 aliphatic rings. The topological polar surface area (TPSA) is 17.8 Å². The quantitative estimate of drug-likeness (QED) is 0.647. The Kier molecular flexibility index (Phi) is 2.38. The van der Waals surface area contributed by atoms with Gasteiger partial charge in [0.25, 0.3) is 0 Å². The third-order valence-corrected chi connectivity index (χ3v) is 1.96. The SMILES string of the molecule is CSCc1nn(C)cc1C. The molecule has 1 aromatic heterocycles. The molecule has 0 aromatic carbocycles. The predicted molar refractivity (Wildman–Crippen MR) is 45.2 cm³/mol. The molecule has 0 amide bonds. The largest absolute Gasteiger partial charge is 0.275 e. The van der Waals surface area contributed by atoms with Crippen LogP contribution in [0.5, 0.6) is 0 Å². The Morgan fingerprint density at radius 2 is 2.40 bits per heavy atom. The van der Waals surface area contributed by atoms with Crippen LogP contribution >= 0.6 is 11.8 Å². The molecular formula is C7H12N2S. The molecule has 0 aliphatic carbocycles. The van der Waals surface area contributed by atoms with Gasteiger partial charge in [0.1, 0.15) is 0 Å². The van der Waals surface area contributed by atoms with Gasteiger partial charge in [-0.3, -0.25) is 4.68 Å². The third kappa shape index (κ3) is 1.53. The van der Waals surface area contributed by atoms with Gasteiger partial charge in [-0.2, -0.15) is 16.9 Å². The van der Waals surface area contributed by atoms with Crippen molar-refractivity contribution in [1.82, 2.24) is 9.78 Å². The van der Waals surface area contributed by atoms with Crippen molar-refractivity contribution in [3.63, 3.8) is 0 Å². The molecule has 0 saturated heterocycles. The summed E-state index contributed by atoms with van der Waals surface area (Å²) < 4.78 is 1.86. The highest BCUT2D eigenvalue weighted by molar-refractivity contribution is 7.97. The zero-order valence-electron chi connectivity index (χ0n) is 6.59. The highest BCUT2D eigenvalue weighted by atomic mass is 32.2.